The summed E-state index contributed by atoms with van der Waals surface area (Å²) in [5, 5.41) is 2.81. The number of amides is 1. The summed E-state index contributed by atoms with van der Waals surface area (Å²) in [6, 6.07) is -0.179. The molecular weight excluding hydrogens is 220 g/mol. The summed E-state index contributed by atoms with van der Waals surface area (Å²) in [5.74, 6) is 0.140. The lowest BCUT2D eigenvalue weighted by molar-refractivity contribution is -0.135. The van der Waals surface area contributed by atoms with Crippen molar-refractivity contribution in [2.24, 2.45) is 0 Å². The molecule has 1 heterocycles. The van der Waals surface area contributed by atoms with Crippen LogP contribution in [0.25, 0.3) is 0 Å². The molecule has 1 aliphatic rings. The fourth-order valence-electron chi connectivity index (χ4n) is 2.20. The van der Waals surface area contributed by atoms with Crippen molar-refractivity contribution >= 4 is 11.7 Å². The van der Waals surface area contributed by atoms with E-state index in [1.54, 1.807) is 6.92 Å². The van der Waals surface area contributed by atoms with Gasteiger partial charge in [0.2, 0.25) is 5.91 Å². The minimum atomic E-state index is -0.266. The van der Waals surface area contributed by atoms with E-state index in [4.69, 9.17) is 4.74 Å². The maximum absolute atomic E-state index is 11.9. The van der Waals surface area contributed by atoms with Crippen molar-refractivity contribution in [1.29, 1.82) is 0 Å². The molecule has 0 bridgehead atoms. The second-order valence-corrected chi connectivity index (χ2v) is 4.48. The fraction of sp³-hybridized carbons (Fsp3) is 0.833. The Labute approximate surface area is 102 Å². The quantitative estimate of drug-likeness (QED) is 0.748. The van der Waals surface area contributed by atoms with Crippen LogP contribution in [0.4, 0.5) is 0 Å². The smallest absolute Gasteiger partial charge is 0.239 e. The summed E-state index contributed by atoms with van der Waals surface area (Å²) in [4.78, 5) is 25.1. The lowest BCUT2D eigenvalue weighted by Crippen LogP contribution is -2.56. The molecule has 17 heavy (non-hydrogen) atoms. The summed E-state index contributed by atoms with van der Waals surface area (Å²) in [6.07, 6.45) is 0.482. The third kappa shape index (κ3) is 4.09. The molecule has 0 aromatic heterocycles. The molecule has 0 aromatic rings. The van der Waals surface area contributed by atoms with Gasteiger partial charge in [0, 0.05) is 25.6 Å². The van der Waals surface area contributed by atoms with Crippen molar-refractivity contribution in [3.63, 3.8) is 0 Å². The maximum atomic E-state index is 11.9. The van der Waals surface area contributed by atoms with Crippen molar-refractivity contribution in [1.82, 2.24) is 10.2 Å². The average molecular weight is 242 g/mol. The van der Waals surface area contributed by atoms with Crippen LogP contribution < -0.4 is 5.32 Å². The number of nitrogens with zero attached hydrogens (tertiary/aromatic N) is 1. The van der Waals surface area contributed by atoms with E-state index in [0.717, 1.165) is 0 Å². The van der Waals surface area contributed by atoms with Gasteiger partial charge in [-0.1, -0.05) is 0 Å². The molecule has 0 aromatic carbocycles. The Balaban J connectivity index is 2.64. The zero-order valence-electron chi connectivity index (χ0n) is 10.9. The van der Waals surface area contributed by atoms with E-state index < -0.39 is 0 Å². The SMILES string of the molecule is CCNC(=O)C1COCCN1C(C)CC(C)=O. The van der Waals surface area contributed by atoms with E-state index in [0.29, 0.717) is 32.7 Å². The van der Waals surface area contributed by atoms with Crippen LogP contribution in [0.3, 0.4) is 0 Å². The molecule has 1 N–H and O–H groups in total. The number of ketones is 1. The molecule has 1 fully saturated rings. The highest BCUT2D eigenvalue weighted by atomic mass is 16.5. The zero-order chi connectivity index (χ0) is 12.8. The highest BCUT2D eigenvalue weighted by Gasteiger charge is 2.32. The van der Waals surface area contributed by atoms with Crippen LogP contribution in [0.1, 0.15) is 27.2 Å². The Kier molecular flexibility index (Phi) is 5.58. The van der Waals surface area contributed by atoms with Crippen LogP contribution in [-0.2, 0) is 14.3 Å². The lowest BCUT2D eigenvalue weighted by atomic mass is 10.1. The second-order valence-electron chi connectivity index (χ2n) is 4.48. The largest absolute Gasteiger partial charge is 0.378 e. The minimum Gasteiger partial charge on any atom is -0.378 e. The van der Waals surface area contributed by atoms with Crippen LogP contribution in [0, 0.1) is 0 Å². The third-order valence-electron chi connectivity index (χ3n) is 2.97. The zero-order valence-corrected chi connectivity index (χ0v) is 10.9. The molecule has 0 aliphatic carbocycles. The van der Waals surface area contributed by atoms with Crippen molar-refractivity contribution < 1.29 is 14.3 Å². The summed E-state index contributed by atoms with van der Waals surface area (Å²) in [5.41, 5.74) is 0. The predicted octanol–water partition coefficient (Wildman–Crippen LogP) is 0.191. The molecule has 0 saturated carbocycles. The summed E-state index contributed by atoms with van der Waals surface area (Å²) < 4.78 is 5.35. The molecule has 1 aliphatic heterocycles. The van der Waals surface area contributed by atoms with Gasteiger partial charge in [-0.25, -0.2) is 0 Å². The van der Waals surface area contributed by atoms with Crippen LogP contribution in [0.15, 0.2) is 0 Å². The number of morpholine rings is 1. The van der Waals surface area contributed by atoms with Gasteiger partial charge in [0.1, 0.15) is 11.8 Å². The highest BCUT2D eigenvalue weighted by Crippen LogP contribution is 2.14. The third-order valence-corrected chi connectivity index (χ3v) is 2.97. The first kappa shape index (κ1) is 14.1. The number of Topliss-reactive ketones (excluding diaryl/α,β-unsaturated/α-hetero) is 1. The first-order valence-electron chi connectivity index (χ1n) is 6.16. The van der Waals surface area contributed by atoms with Gasteiger partial charge in [-0.05, 0) is 20.8 Å². The molecular formula is C12H22N2O3. The van der Waals surface area contributed by atoms with Gasteiger partial charge in [-0.3, -0.25) is 14.5 Å². The molecule has 2 unspecified atom stereocenters. The number of hydrogen-bond acceptors (Lipinski definition) is 4. The van der Waals surface area contributed by atoms with E-state index in [1.165, 1.54) is 0 Å². The van der Waals surface area contributed by atoms with Gasteiger partial charge in [0.25, 0.3) is 0 Å². The number of carbonyl (C=O) groups excluding carboxylic acids is 2. The van der Waals surface area contributed by atoms with E-state index >= 15 is 0 Å². The van der Waals surface area contributed by atoms with E-state index in [1.807, 2.05) is 13.8 Å². The molecule has 1 rings (SSSR count). The molecule has 0 spiro atoms. The first-order valence-corrected chi connectivity index (χ1v) is 6.16. The van der Waals surface area contributed by atoms with E-state index in [9.17, 15) is 9.59 Å². The molecule has 0 radical (unpaired) electrons. The first-order chi connectivity index (χ1) is 8.06. The Morgan fingerprint density at radius 1 is 1.53 bits per heavy atom. The molecule has 5 heteroatoms. The average Bonchev–Trinajstić information content (AvgIpc) is 2.28. The predicted molar refractivity (Wildman–Crippen MR) is 64.8 cm³/mol. The van der Waals surface area contributed by atoms with E-state index in [2.05, 4.69) is 10.2 Å². The Morgan fingerprint density at radius 2 is 2.24 bits per heavy atom. The van der Waals surface area contributed by atoms with Crippen LogP contribution in [0.2, 0.25) is 0 Å². The van der Waals surface area contributed by atoms with Crippen LogP contribution in [-0.4, -0.2) is 55.0 Å². The van der Waals surface area contributed by atoms with Gasteiger partial charge >= 0.3 is 0 Å². The van der Waals surface area contributed by atoms with Gasteiger partial charge in [0.15, 0.2) is 0 Å². The Morgan fingerprint density at radius 3 is 2.82 bits per heavy atom. The van der Waals surface area contributed by atoms with Crippen molar-refractivity contribution in [3.8, 4) is 0 Å². The summed E-state index contributed by atoms with van der Waals surface area (Å²) in [7, 11) is 0. The minimum absolute atomic E-state index is 0.0115. The van der Waals surface area contributed by atoms with Gasteiger partial charge < -0.3 is 10.1 Å². The molecule has 1 amide bonds. The number of carbonyl (C=O) groups is 2. The maximum Gasteiger partial charge on any atom is 0.239 e. The van der Waals surface area contributed by atoms with Crippen molar-refractivity contribution in [2.45, 2.75) is 39.3 Å². The van der Waals surface area contributed by atoms with E-state index in [-0.39, 0.29) is 23.8 Å². The number of ether oxygens (including phenoxy) is 1. The van der Waals surface area contributed by atoms with Gasteiger partial charge in [-0.2, -0.15) is 0 Å². The summed E-state index contributed by atoms with van der Waals surface area (Å²) in [6.45, 7) is 7.81. The number of likely N-dealkylation sites (N-methyl/N-ethyl adjacent to an activating group) is 1. The highest BCUT2D eigenvalue weighted by molar-refractivity contribution is 5.82. The van der Waals surface area contributed by atoms with Crippen molar-refractivity contribution in [3.05, 3.63) is 0 Å². The topological polar surface area (TPSA) is 58.6 Å². The lowest BCUT2D eigenvalue weighted by Gasteiger charge is -2.38. The van der Waals surface area contributed by atoms with Crippen LogP contribution >= 0.6 is 0 Å². The Bertz CT molecular complexity index is 281. The standard InChI is InChI=1S/C12H22N2O3/c1-4-13-12(16)11-8-17-6-5-14(11)9(2)7-10(3)15/h9,11H,4-8H2,1-3H3,(H,13,16). The molecule has 5 nitrogen and oxygen atoms in total. The normalized spacial score (nSPS) is 23.1. The Hall–Kier alpha value is -0.940. The fourth-order valence-corrected chi connectivity index (χ4v) is 2.20. The van der Waals surface area contributed by atoms with Crippen LogP contribution in [0.5, 0.6) is 0 Å². The number of hydrogen-bond donors (Lipinski definition) is 1. The number of rotatable bonds is 5. The monoisotopic (exact) mass is 242 g/mol. The van der Waals surface area contributed by atoms with Gasteiger partial charge in [-0.15, -0.1) is 0 Å². The second kappa shape index (κ2) is 6.71. The van der Waals surface area contributed by atoms with Gasteiger partial charge in [0.05, 0.1) is 13.2 Å². The molecule has 98 valence electrons. The molecule has 1 saturated heterocycles. The number of nitrogens with one attached hydrogen (secondary N) is 1. The summed E-state index contributed by atoms with van der Waals surface area (Å²) >= 11 is 0. The molecule has 2 atom stereocenters. The van der Waals surface area contributed by atoms with Crippen molar-refractivity contribution in [2.75, 3.05) is 26.3 Å².